The molecule has 2 saturated heterocycles. The van der Waals surface area contributed by atoms with Crippen LogP contribution in [0.3, 0.4) is 0 Å². The van der Waals surface area contributed by atoms with Gasteiger partial charge in [-0.2, -0.15) is 5.26 Å². The van der Waals surface area contributed by atoms with Gasteiger partial charge in [-0.05, 0) is 29.8 Å². The SMILES string of the molecule is N#Cc1ccc(CN2CCN(c3ccc(N4CCN(CCO)CC4)nn3)CC2)cc1. The molecule has 4 rings (SSSR count). The third-order valence-electron chi connectivity index (χ3n) is 5.93. The maximum absolute atomic E-state index is 9.07. The lowest BCUT2D eigenvalue weighted by atomic mass is 10.1. The molecular weight excluding hydrogens is 378 g/mol. The minimum absolute atomic E-state index is 0.217. The average Bonchev–Trinajstić information content (AvgIpc) is 2.81. The zero-order chi connectivity index (χ0) is 20.8. The summed E-state index contributed by atoms with van der Waals surface area (Å²) in [5, 5.41) is 27.0. The molecule has 158 valence electrons. The Hall–Kier alpha value is -2.73. The van der Waals surface area contributed by atoms with Crippen LogP contribution in [0.1, 0.15) is 11.1 Å². The minimum Gasteiger partial charge on any atom is -0.395 e. The molecule has 1 aromatic carbocycles. The predicted octanol–water partition coefficient (Wildman–Crippen LogP) is 0.785. The fourth-order valence-electron chi connectivity index (χ4n) is 4.08. The lowest BCUT2D eigenvalue weighted by Crippen LogP contribution is -2.47. The first-order chi connectivity index (χ1) is 14.7. The molecule has 8 heteroatoms. The Labute approximate surface area is 177 Å². The van der Waals surface area contributed by atoms with Crippen molar-refractivity contribution < 1.29 is 5.11 Å². The number of hydrogen-bond donors (Lipinski definition) is 1. The van der Waals surface area contributed by atoms with Crippen LogP contribution >= 0.6 is 0 Å². The van der Waals surface area contributed by atoms with Gasteiger partial charge in [0.2, 0.25) is 0 Å². The Balaban J connectivity index is 1.26. The van der Waals surface area contributed by atoms with Gasteiger partial charge in [0.1, 0.15) is 0 Å². The van der Waals surface area contributed by atoms with Crippen molar-refractivity contribution >= 4 is 11.6 Å². The van der Waals surface area contributed by atoms with Gasteiger partial charge in [0, 0.05) is 65.4 Å². The molecule has 2 aromatic rings. The molecule has 0 spiro atoms. The Bertz CT molecular complexity index is 833. The van der Waals surface area contributed by atoms with E-state index in [-0.39, 0.29) is 6.61 Å². The van der Waals surface area contributed by atoms with Gasteiger partial charge in [-0.25, -0.2) is 0 Å². The number of rotatable bonds is 6. The van der Waals surface area contributed by atoms with Crippen LogP contribution in [0.2, 0.25) is 0 Å². The molecule has 0 bridgehead atoms. The first kappa shape index (κ1) is 20.5. The average molecular weight is 408 g/mol. The van der Waals surface area contributed by atoms with Crippen molar-refractivity contribution in [1.29, 1.82) is 5.26 Å². The van der Waals surface area contributed by atoms with E-state index in [9.17, 15) is 0 Å². The number of piperazine rings is 2. The molecule has 8 nitrogen and oxygen atoms in total. The number of benzene rings is 1. The van der Waals surface area contributed by atoms with Gasteiger partial charge < -0.3 is 14.9 Å². The molecule has 0 aliphatic carbocycles. The van der Waals surface area contributed by atoms with Crippen LogP contribution in [0.25, 0.3) is 0 Å². The Morgan fingerprint density at radius 1 is 0.767 bits per heavy atom. The van der Waals surface area contributed by atoms with E-state index in [0.29, 0.717) is 5.56 Å². The zero-order valence-corrected chi connectivity index (χ0v) is 17.3. The maximum Gasteiger partial charge on any atom is 0.151 e. The van der Waals surface area contributed by atoms with Crippen molar-refractivity contribution in [2.75, 3.05) is 75.3 Å². The fraction of sp³-hybridized carbons (Fsp3) is 0.500. The number of nitrogens with zero attached hydrogens (tertiary/aromatic N) is 7. The number of β-amino-alcohol motifs (C(OH)–C–C–N with tert-alkyl or cyclic N) is 1. The van der Waals surface area contributed by atoms with E-state index >= 15 is 0 Å². The van der Waals surface area contributed by atoms with Crippen molar-refractivity contribution in [3.8, 4) is 6.07 Å². The second-order valence-corrected chi connectivity index (χ2v) is 7.87. The molecule has 0 atom stereocenters. The van der Waals surface area contributed by atoms with Crippen molar-refractivity contribution in [2.24, 2.45) is 0 Å². The summed E-state index contributed by atoms with van der Waals surface area (Å²) in [6, 6.07) is 14.2. The van der Waals surface area contributed by atoms with Crippen molar-refractivity contribution in [1.82, 2.24) is 20.0 Å². The first-order valence-electron chi connectivity index (χ1n) is 10.6. The molecule has 1 N–H and O–H groups in total. The number of aliphatic hydroxyl groups is 1. The molecule has 30 heavy (non-hydrogen) atoms. The topological polar surface area (TPSA) is 82.8 Å². The summed E-state index contributed by atoms with van der Waals surface area (Å²) in [6.45, 7) is 9.44. The minimum atomic E-state index is 0.217. The molecule has 3 heterocycles. The van der Waals surface area contributed by atoms with Gasteiger partial charge in [-0.15, -0.1) is 10.2 Å². The summed E-state index contributed by atoms with van der Waals surface area (Å²) in [5.74, 6) is 1.87. The fourth-order valence-corrected chi connectivity index (χ4v) is 4.08. The van der Waals surface area contributed by atoms with Gasteiger partial charge >= 0.3 is 0 Å². The monoisotopic (exact) mass is 407 g/mol. The van der Waals surface area contributed by atoms with E-state index in [1.165, 1.54) is 5.56 Å². The van der Waals surface area contributed by atoms with Crippen molar-refractivity contribution in [2.45, 2.75) is 6.54 Å². The highest BCUT2D eigenvalue weighted by Gasteiger charge is 2.21. The van der Waals surface area contributed by atoms with Crippen molar-refractivity contribution in [3.05, 3.63) is 47.5 Å². The van der Waals surface area contributed by atoms with Crippen LogP contribution < -0.4 is 9.80 Å². The van der Waals surface area contributed by atoms with E-state index in [4.69, 9.17) is 10.4 Å². The van der Waals surface area contributed by atoms with E-state index in [0.717, 1.165) is 77.1 Å². The van der Waals surface area contributed by atoms with Crippen LogP contribution in [0.5, 0.6) is 0 Å². The standard InChI is InChI=1S/C22H29N7O/c23-17-19-1-3-20(4-2-19)18-27-9-13-29(14-10-27)22-6-5-21(24-25-22)28-11-7-26(8-12-28)15-16-30/h1-6,30H,7-16,18H2. The van der Waals surface area contributed by atoms with Gasteiger partial charge in [-0.1, -0.05) is 12.1 Å². The lowest BCUT2D eigenvalue weighted by Gasteiger charge is -2.36. The van der Waals surface area contributed by atoms with Crippen LogP contribution in [0.4, 0.5) is 11.6 Å². The van der Waals surface area contributed by atoms with E-state index in [1.54, 1.807) is 0 Å². The number of anilines is 2. The highest BCUT2D eigenvalue weighted by molar-refractivity contribution is 5.45. The number of nitriles is 1. The van der Waals surface area contributed by atoms with E-state index < -0.39 is 0 Å². The van der Waals surface area contributed by atoms with Crippen molar-refractivity contribution in [3.63, 3.8) is 0 Å². The third kappa shape index (κ3) is 5.05. The molecule has 0 unspecified atom stereocenters. The Morgan fingerprint density at radius 2 is 1.30 bits per heavy atom. The van der Waals surface area contributed by atoms with Gasteiger partial charge in [0.05, 0.1) is 18.2 Å². The van der Waals surface area contributed by atoms with E-state index in [1.807, 2.05) is 24.3 Å². The van der Waals surface area contributed by atoms with Crippen LogP contribution in [0.15, 0.2) is 36.4 Å². The quantitative estimate of drug-likeness (QED) is 0.753. The van der Waals surface area contributed by atoms with Crippen LogP contribution in [-0.4, -0.2) is 90.6 Å². The molecule has 0 radical (unpaired) electrons. The molecule has 1 aromatic heterocycles. The number of hydrogen-bond acceptors (Lipinski definition) is 8. The van der Waals surface area contributed by atoms with Gasteiger partial charge in [0.15, 0.2) is 11.6 Å². The summed E-state index contributed by atoms with van der Waals surface area (Å²) in [7, 11) is 0. The van der Waals surface area contributed by atoms with E-state index in [2.05, 4.69) is 48.0 Å². The molecule has 0 saturated carbocycles. The predicted molar refractivity (Wildman–Crippen MR) is 116 cm³/mol. The molecule has 0 amide bonds. The summed E-state index contributed by atoms with van der Waals surface area (Å²) >= 11 is 0. The summed E-state index contributed by atoms with van der Waals surface area (Å²) in [5.41, 5.74) is 1.95. The molecule has 2 aliphatic rings. The maximum atomic E-state index is 9.07. The summed E-state index contributed by atoms with van der Waals surface area (Å²) < 4.78 is 0. The largest absolute Gasteiger partial charge is 0.395 e. The van der Waals surface area contributed by atoms with Crippen LogP contribution in [-0.2, 0) is 6.54 Å². The highest BCUT2D eigenvalue weighted by atomic mass is 16.3. The molecule has 2 aliphatic heterocycles. The summed E-state index contributed by atoms with van der Waals surface area (Å²) in [4.78, 5) is 9.27. The molecular formula is C22H29N7O. The van der Waals surface area contributed by atoms with Gasteiger partial charge in [-0.3, -0.25) is 9.80 Å². The Kier molecular flexibility index (Phi) is 6.74. The first-order valence-corrected chi connectivity index (χ1v) is 10.6. The normalized spacial score (nSPS) is 18.4. The second kappa shape index (κ2) is 9.85. The second-order valence-electron chi connectivity index (χ2n) is 7.87. The van der Waals surface area contributed by atoms with Gasteiger partial charge in [0.25, 0.3) is 0 Å². The zero-order valence-electron chi connectivity index (χ0n) is 17.3. The van der Waals surface area contributed by atoms with Crippen LogP contribution in [0, 0.1) is 11.3 Å². The molecule has 2 fully saturated rings. The lowest BCUT2D eigenvalue weighted by molar-refractivity contribution is 0.188. The highest BCUT2D eigenvalue weighted by Crippen LogP contribution is 2.18. The Morgan fingerprint density at radius 3 is 1.77 bits per heavy atom. The third-order valence-corrected chi connectivity index (χ3v) is 5.93. The summed E-state index contributed by atoms with van der Waals surface area (Å²) in [6.07, 6.45) is 0. The number of aromatic nitrogens is 2. The number of aliphatic hydroxyl groups excluding tert-OH is 1. The smallest absolute Gasteiger partial charge is 0.151 e.